The molecule has 82 valence electrons. The molecule has 0 bridgehead atoms. The van der Waals surface area contributed by atoms with Gasteiger partial charge < -0.3 is 10.2 Å². The zero-order valence-electron chi connectivity index (χ0n) is 9.50. The van der Waals surface area contributed by atoms with Crippen molar-refractivity contribution < 1.29 is 0 Å². The summed E-state index contributed by atoms with van der Waals surface area (Å²) in [4.78, 5) is 4.98. The largest absolute Gasteiger partial charge is 0.312 e. The molecule has 1 N–H and O–H groups in total. The summed E-state index contributed by atoms with van der Waals surface area (Å²) in [6.45, 7) is 9.71. The maximum Gasteiger partial charge on any atom is 0.0110 e. The Hall–Kier alpha value is -0.120. The van der Waals surface area contributed by atoms with E-state index in [0.717, 1.165) is 12.0 Å². The summed E-state index contributed by atoms with van der Waals surface area (Å²) in [5, 5.41) is 3.61. The average Bonchev–Trinajstić information content (AvgIpc) is 2.86. The van der Waals surface area contributed by atoms with Crippen molar-refractivity contribution in [2.45, 2.75) is 19.4 Å². The van der Waals surface area contributed by atoms with Gasteiger partial charge in [-0.1, -0.05) is 6.92 Å². The second kappa shape index (κ2) is 4.60. The molecule has 0 amide bonds. The van der Waals surface area contributed by atoms with Gasteiger partial charge in [0.1, 0.15) is 0 Å². The zero-order valence-corrected chi connectivity index (χ0v) is 9.50. The third-order valence-corrected chi connectivity index (χ3v) is 3.54. The fraction of sp³-hybridized carbons (Fsp3) is 1.00. The van der Waals surface area contributed by atoms with Gasteiger partial charge in [0, 0.05) is 45.3 Å². The number of hydrogen-bond donors (Lipinski definition) is 1. The monoisotopic (exact) mass is 197 g/mol. The van der Waals surface area contributed by atoms with E-state index in [1.54, 1.807) is 0 Å². The van der Waals surface area contributed by atoms with Crippen LogP contribution in [-0.4, -0.2) is 62.2 Å². The van der Waals surface area contributed by atoms with Crippen molar-refractivity contribution in [3.8, 4) is 0 Å². The molecule has 2 atom stereocenters. The first-order valence-corrected chi connectivity index (χ1v) is 5.90. The van der Waals surface area contributed by atoms with Crippen LogP contribution >= 0.6 is 0 Å². The Balaban J connectivity index is 1.53. The van der Waals surface area contributed by atoms with Gasteiger partial charge >= 0.3 is 0 Å². The highest BCUT2D eigenvalue weighted by Crippen LogP contribution is 2.28. The molecule has 3 heteroatoms. The fourth-order valence-corrected chi connectivity index (χ4v) is 2.09. The molecule has 1 heterocycles. The molecule has 1 aliphatic heterocycles. The summed E-state index contributed by atoms with van der Waals surface area (Å²) < 4.78 is 0. The minimum Gasteiger partial charge on any atom is -0.312 e. The number of hydrogen-bond acceptors (Lipinski definition) is 3. The molecule has 0 radical (unpaired) electrons. The molecule has 1 aliphatic carbocycles. The van der Waals surface area contributed by atoms with Crippen molar-refractivity contribution in [2.24, 2.45) is 5.92 Å². The molecule has 2 unspecified atom stereocenters. The number of likely N-dealkylation sites (N-methyl/N-ethyl adjacent to an activating group) is 1. The second-order valence-corrected chi connectivity index (χ2v) is 4.92. The van der Waals surface area contributed by atoms with E-state index < -0.39 is 0 Å². The normalized spacial score (nSPS) is 34.7. The van der Waals surface area contributed by atoms with Crippen LogP contribution in [0.25, 0.3) is 0 Å². The van der Waals surface area contributed by atoms with E-state index in [1.165, 1.54) is 45.7 Å². The minimum atomic E-state index is 0.836. The van der Waals surface area contributed by atoms with Crippen molar-refractivity contribution in [3.05, 3.63) is 0 Å². The summed E-state index contributed by atoms with van der Waals surface area (Å²) in [7, 11) is 2.21. The fourth-order valence-electron chi connectivity index (χ4n) is 2.09. The van der Waals surface area contributed by atoms with Gasteiger partial charge in [-0.25, -0.2) is 0 Å². The predicted octanol–water partition coefficient (Wildman–Crippen LogP) is 0.232. The SMILES string of the molecule is CC1CC1NCCN1CCN(C)CC1. The molecule has 2 fully saturated rings. The lowest BCUT2D eigenvalue weighted by Crippen LogP contribution is -2.46. The summed E-state index contributed by atoms with van der Waals surface area (Å²) >= 11 is 0. The second-order valence-electron chi connectivity index (χ2n) is 4.92. The molecule has 0 aromatic heterocycles. The Bertz CT molecular complexity index is 175. The molecule has 0 aromatic rings. The van der Waals surface area contributed by atoms with Gasteiger partial charge in [-0.2, -0.15) is 0 Å². The summed E-state index contributed by atoms with van der Waals surface area (Å²) in [5.74, 6) is 0.933. The van der Waals surface area contributed by atoms with Crippen LogP contribution in [0.5, 0.6) is 0 Å². The highest BCUT2D eigenvalue weighted by molar-refractivity contribution is 4.89. The van der Waals surface area contributed by atoms with E-state index in [-0.39, 0.29) is 0 Å². The summed E-state index contributed by atoms with van der Waals surface area (Å²) in [6, 6.07) is 0.836. The molecule has 0 spiro atoms. The van der Waals surface area contributed by atoms with Gasteiger partial charge in [-0.15, -0.1) is 0 Å². The van der Waals surface area contributed by atoms with E-state index in [9.17, 15) is 0 Å². The van der Waals surface area contributed by atoms with E-state index in [4.69, 9.17) is 0 Å². The minimum absolute atomic E-state index is 0.836. The van der Waals surface area contributed by atoms with Crippen molar-refractivity contribution >= 4 is 0 Å². The Morgan fingerprint density at radius 1 is 1.21 bits per heavy atom. The molecular formula is C11H23N3. The van der Waals surface area contributed by atoms with E-state index in [0.29, 0.717) is 0 Å². The molecule has 1 saturated heterocycles. The van der Waals surface area contributed by atoms with Gasteiger partial charge in [0.15, 0.2) is 0 Å². The topological polar surface area (TPSA) is 18.5 Å². The van der Waals surface area contributed by atoms with E-state index >= 15 is 0 Å². The molecule has 0 aromatic carbocycles. The van der Waals surface area contributed by atoms with Crippen molar-refractivity contribution in [2.75, 3.05) is 46.3 Å². The Morgan fingerprint density at radius 3 is 2.43 bits per heavy atom. The lowest BCUT2D eigenvalue weighted by molar-refractivity contribution is 0.154. The number of nitrogens with zero attached hydrogens (tertiary/aromatic N) is 2. The van der Waals surface area contributed by atoms with Crippen LogP contribution in [-0.2, 0) is 0 Å². The van der Waals surface area contributed by atoms with Crippen LogP contribution in [0, 0.1) is 5.92 Å². The Labute approximate surface area is 87.4 Å². The van der Waals surface area contributed by atoms with Crippen molar-refractivity contribution in [1.29, 1.82) is 0 Å². The smallest absolute Gasteiger partial charge is 0.0110 e. The van der Waals surface area contributed by atoms with Crippen LogP contribution < -0.4 is 5.32 Å². The highest BCUT2D eigenvalue weighted by Gasteiger charge is 2.31. The van der Waals surface area contributed by atoms with Crippen LogP contribution in [0.4, 0.5) is 0 Å². The predicted molar refractivity (Wildman–Crippen MR) is 59.5 cm³/mol. The van der Waals surface area contributed by atoms with E-state index in [2.05, 4.69) is 29.1 Å². The average molecular weight is 197 g/mol. The van der Waals surface area contributed by atoms with Gasteiger partial charge in [0.25, 0.3) is 0 Å². The first-order valence-electron chi connectivity index (χ1n) is 5.90. The van der Waals surface area contributed by atoms with Crippen LogP contribution in [0.15, 0.2) is 0 Å². The van der Waals surface area contributed by atoms with Gasteiger partial charge in [0.2, 0.25) is 0 Å². The molecule has 14 heavy (non-hydrogen) atoms. The Morgan fingerprint density at radius 2 is 1.86 bits per heavy atom. The third kappa shape index (κ3) is 2.94. The maximum absolute atomic E-state index is 3.61. The first kappa shape index (κ1) is 10.4. The van der Waals surface area contributed by atoms with Crippen molar-refractivity contribution in [3.63, 3.8) is 0 Å². The lowest BCUT2D eigenvalue weighted by Gasteiger charge is -2.32. The summed E-state index contributed by atoms with van der Waals surface area (Å²) in [6.07, 6.45) is 1.39. The van der Waals surface area contributed by atoms with Gasteiger partial charge in [-0.05, 0) is 19.4 Å². The maximum atomic E-state index is 3.61. The Kier molecular flexibility index (Phi) is 3.42. The van der Waals surface area contributed by atoms with Crippen molar-refractivity contribution in [1.82, 2.24) is 15.1 Å². The standard InChI is InChI=1S/C11H23N3/c1-10-9-11(10)12-3-4-14-7-5-13(2)6-8-14/h10-12H,3-9H2,1-2H3. The van der Waals surface area contributed by atoms with Crippen LogP contribution in [0.3, 0.4) is 0 Å². The molecular weight excluding hydrogens is 174 g/mol. The third-order valence-electron chi connectivity index (χ3n) is 3.54. The highest BCUT2D eigenvalue weighted by atomic mass is 15.2. The number of rotatable bonds is 4. The molecule has 3 nitrogen and oxygen atoms in total. The van der Waals surface area contributed by atoms with E-state index in [1.807, 2.05) is 0 Å². The first-order chi connectivity index (χ1) is 6.75. The lowest BCUT2D eigenvalue weighted by atomic mass is 10.3. The summed E-state index contributed by atoms with van der Waals surface area (Å²) in [5.41, 5.74) is 0. The van der Waals surface area contributed by atoms with Gasteiger partial charge in [0.05, 0.1) is 0 Å². The molecule has 1 saturated carbocycles. The molecule has 2 rings (SSSR count). The number of piperazine rings is 1. The van der Waals surface area contributed by atoms with Gasteiger partial charge in [-0.3, -0.25) is 4.90 Å². The van der Waals surface area contributed by atoms with Crippen LogP contribution in [0.1, 0.15) is 13.3 Å². The quantitative estimate of drug-likeness (QED) is 0.696. The number of nitrogens with one attached hydrogen (secondary N) is 1. The zero-order chi connectivity index (χ0) is 9.97. The van der Waals surface area contributed by atoms with Crippen LogP contribution in [0.2, 0.25) is 0 Å². The molecule has 2 aliphatic rings.